The number of benzene rings is 1. The fourth-order valence-corrected chi connectivity index (χ4v) is 2.32. The molecule has 0 saturated heterocycles. The average molecular weight is 268 g/mol. The van der Waals surface area contributed by atoms with Gasteiger partial charge in [0.05, 0.1) is 7.11 Å². The number of nitrogens with two attached hydrogens (primary N) is 1. The number of nitrogen functional groups attached to an aromatic ring is 1. The van der Waals surface area contributed by atoms with Gasteiger partial charge in [-0.1, -0.05) is 6.92 Å². The molecule has 100 valence electrons. The van der Waals surface area contributed by atoms with Crippen molar-refractivity contribution in [3.05, 3.63) is 23.8 Å². The van der Waals surface area contributed by atoms with Crippen LogP contribution in [-0.2, 0) is 0 Å². The Hall–Kier alpha value is -1.36. The molecule has 1 rings (SSSR count). The molecule has 0 aliphatic carbocycles. The molecule has 0 heterocycles. The smallest absolute Gasteiger partial charge is 0.251 e. The number of hydrogen-bond acceptors (Lipinski definition) is 4. The van der Waals surface area contributed by atoms with Crippen LogP contribution in [0.5, 0.6) is 5.75 Å². The molecular formula is C13H20N2O2S. The first kappa shape index (κ1) is 14.7. The van der Waals surface area contributed by atoms with Gasteiger partial charge in [-0.25, -0.2) is 0 Å². The van der Waals surface area contributed by atoms with Crippen molar-refractivity contribution in [2.75, 3.05) is 24.9 Å². The molecular weight excluding hydrogens is 248 g/mol. The second-order valence-electron chi connectivity index (χ2n) is 4.03. The number of hydrogen-bond donors (Lipinski definition) is 2. The highest BCUT2D eigenvalue weighted by molar-refractivity contribution is 7.98. The lowest BCUT2D eigenvalue weighted by atomic mass is 10.1. The van der Waals surface area contributed by atoms with Crippen molar-refractivity contribution >= 4 is 23.4 Å². The highest BCUT2D eigenvalue weighted by Crippen LogP contribution is 2.18. The van der Waals surface area contributed by atoms with Gasteiger partial charge < -0.3 is 15.8 Å². The molecule has 0 fully saturated rings. The number of carbonyl (C=O) groups excluding carboxylic acids is 1. The van der Waals surface area contributed by atoms with Gasteiger partial charge in [0.15, 0.2) is 0 Å². The van der Waals surface area contributed by atoms with Crippen molar-refractivity contribution in [2.24, 2.45) is 0 Å². The Morgan fingerprint density at radius 3 is 2.78 bits per heavy atom. The number of anilines is 1. The van der Waals surface area contributed by atoms with Crippen molar-refractivity contribution in [1.29, 1.82) is 0 Å². The van der Waals surface area contributed by atoms with E-state index < -0.39 is 0 Å². The van der Waals surface area contributed by atoms with E-state index in [4.69, 9.17) is 10.5 Å². The van der Waals surface area contributed by atoms with E-state index >= 15 is 0 Å². The van der Waals surface area contributed by atoms with Crippen molar-refractivity contribution in [3.8, 4) is 5.75 Å². The van der Waals surface area contributed by atoms with Crippen LogP contribution in [0.25, 0.3) is 0 Å². The molecule has 0 aliphatic heterocycles. The SMILES string of the molecule is CCC(CSC)NC(=O)c1cc(N)cc(OC)c1. The van der Waals surface area contributed by atoms with Gasteiger partial charge in [0, 0.05) is 29.1 Å². The molecule has 0 radical (unpaired) electrons. The summed E-state index contributed by atoms with van der Waals surface area (Å²) in [5.41, 5.74) is 6.79. The van der Waals surface area contributed by atoms with E-state index in [2.05, 4.69) is 12.2 Å². The number of nitrogens with one attached hydrogen (secondary N) is 1. The quantitative estimate of drug-likeness (QED) is 0.776. The number of thioether (sulfide) groups is 1. The first-order valence-electron chi connectivity index (χ1n) is 5.85. The van der Waals surface area contributed by atoms with Crippen molar-refractivity contribution in [2.45, 2.75) is 19.4 Å². The molecule has 0 aromatic heterocycles. The van der Waals surface area contributed by atoms with Crippen LogP contribution in [0, 0.1) is 0 Å². The zero-order valence-corrected chi connectivity index (χ0v) is 11.8. The zero-order chi connectivity index (χ0) is 13.5. The molecule has 1 aromatic carbocycles. The zero-order valence-electron chi connectivity index (χ0n) is 11.0. The number of carbonyl (C=O) groups is 1. The van der Waals surface area contributed by atoms with Crippen LogP contribution in [0.15, 0.2) is 18.2 Å². The fourth-order valence-electron chi connectivity index (χ4n) is 1.60. The summed E-state index contributed by atoms with van der Waals surface area (Å²) in [7, 11) is 1.55. The maximum Gasteiger partial charge on any atom is 0.251 e. The lowest BCUT2D eigenvalue weighted by Gasteiger charge is -2.16. The highest BCUT2D eigenvalue weighted by Gasteiger charge is 2.13. The Kier molecular flexibility index (Phi) is 5.85. The number of ether oxygens (including phenoxy) is 1. The van der Waals surface area contributed by atoms with Crippen molar-refractivity contribution in [3.63, 3.8) is 0 Å². The standard InChI is InChI=1S/C13H20N2O2S/c1-4-11(8-18-3)15-13(16)9-5-10(14)7-12(6-9)17-2/h5-7,11H,4,8,14H2,1-3H3,(H,15,16). The Morgan fingerprint density at radius 1 is 1.50 bits per heavy atom. The molecule has 0 spiro atoms. The second-order valence-corrected chi connectivity index (χ2v) is 4.94. The van der Waals surface area contributed by atoms with E-state index in [1.807, 2.05) is 6.26 Å². The van der Waals surface area contributed by atoms with Crippen LogP contribution in [0.3, 0.4) is 0 Å². The monoisotopic (exact) mass is 268 g/mol. The van der Waals surface area contributed by atoms with Gasteiger partial charge in [-0.3, -0.25) is 4.79 Å². The average Bonchev–Trinajstić information content (AvgIpc) is 2.37. The first-order chi connectivity index (χ1) is 8.60. The summed E-state index contributed by atoms with van der Waals surface area (Å²) < 4.78 is 5.10. The predicted molar refractivity (Wildman–Crippen MR) is 77.3 cm³/mol. The van der Waals surface area contributed by atoms with Gasteiger partial charge in [-0.2, -0.15) is 11.8 Å². The van der Waals surface area contributed by atoms with Gasteiger partial charge >= 0.3 is 0 Å². The number of methoxy groups -OCH3 is 1. The molecule has 5 heteroatoms. The van der Waals surface area contributed by atoms with Crippen LogP contribution >= 0.6 is 11.8 Å². The Bertz CT molecular complexity index is 410. The van der Waals surface area contributed by atoms with Gasteiger partial charge in [-0.15, -0.1) is 0 Å². The topological polar surface area (TPSA) is 64.4 Å². The molecule has 1 amide bonds. The Balaban J connectivity index is 2.79. The second kappa shape index (κ2) is 7.16. The normalized spacial score (nSPS) is 11.9. The highest BCUT2D eigenvalue weighted by atomic mass is 32.2. The summed E-state index contributed by atoms with van der Waals surface area (Å²) in [5.74, 6) is 1.39. The summed E-state index contributed by atoms with van der Waals surface area (Å²) in [6.45, 7) is 2.06. The van der Waals surface area contributed by atoms with Gasteiger partial charge in [-0.05, 0) is 24.8 Å². The molecule has 18 heavy (non-hydrogen) atoms. The van der Waals surface area contributed by atoms with E-state index in [-0.39, 0.29) is 11.9 Å². The number of amides is 1. The summed E-state index contributed by atoms with van der Waals surface area (Å²) in [4.78, 5) is 12.1. The third kappa shape index (κ3) is 4.14. The van der Waals surface area contributed by atoms with E-state index in [9.17, 15) is 4.79 Å². The van der Waals surface area contributed by atoms with Crippen LogP contribution < -0.4 is 15.8 Å². The molecule has 1 unspecified atom stereocenters. The predicted octanol–water partition coefficient (Wildman–Crippen LogP) is 2.15. The van der Waals surface area contributed by atoms with Crippen LogP contribution in [0.4, 0.5) is 5.69 Å². The summed E-state index contributed by atoms with van der Waals surface area (Å²) in [6, 6.07) is 5.22. The Morgan fingerprint density at radius 2 is 2.22 bits per heavy atom. The molecule has 0 aliphatic rings. The lowest BCUT2D eigenvalue weighted by molar-refractivity contribution is 0.0939. The minimum absolute atomic E-state index is 0.110. The van der Waals surface area contributed by atoms with E-state index in [1.165, 1.54) is 0 Å². The van der Waals surface area contributed by atoms with E-state index in [0.717, 1.165) is 12.2 Å². The van der Waals surface area contributed by atoms with Crippen molar-refractivity contribution < 1.29 is 9.53 Å². The number of rotatable bonds is 6. The molecule has 0 saturated carbocycles. The summed E-state index contributed by atoms with van der Waals surface area (Å²) in [6.07, 6.45) is 2.93. The molecule has 1 aromatic rings. The first-order valence-corrected chi connectivity index (χ1v) is 7.24. The summed E-state index contributed by atoms with van der Waals surface area (Å²) >= 11 is 1.72. The minimum atomic E-state index is -0.110. The molecule has 1 atom stereocenters. The molecule has 0 bridgehead atoms. The third-order valence-electron chi connectivity index (χ3n) is 2.62. The largest absolute Gasteiger partial charge is 0.497 e. The Labute approximate surface area is 112 Å². The fraction of sp³-hybridized carbons (Fsp3) is 0.462. The van der Waals surface area contributed by atoms with E-state index in [0.29, 0.717) is 17.0 Å². The van der Waals surface area contributed by atoms with Crippen molar-refractivity contribution in [1.82, 2.24) is 5.32 Å². The molecule has 4 nitrogen and oxygen atoms in total. The van der Waals surface area contributed by atoms with Crippen LogP contribution in [0.1, 0.15) is 23.7 Å². The maximum absolute atomic E-state index is 12.1. The minimum Gasteiger partial charge on any atom is -0.497 e. The van der Waals surface area contributed by atoms with E-state index in [1.54, 1.807) is 37.1 Å². The molecule has 3 N–H and O–H groups in total. The maximum atomic E-state index is 12.1. The van der Waals surface area contributed by atoms with Crippen LogP contribution in [-0.4, -0.2) is 31.1 Å². The van der Waals surface area contributed by atoms with Crippen LogP contribution in [0.2, 0.25) is 0 Å². The lowest BCUT2D eigenvalue weighted by Crippen LogP contribution is -2.36. The van der Waals surface area contributed by atoms with Gasteiger partial charge in [0.1, 0.15) is 5.75 Å². The third-order valence-corrected chi connectivity index (χ3v) is 3.36. The summed E-state index contributed by atoms with van der Waals surface area (Å²) in [5, 5.41) is 2.99. The van der Waals surface area contributed by atoms with Gasteiger partial charge in [0.2, 0.25) is 0 Å². The van der Waals surface area contributed by atoms with Gasteiger partial charge in [0.25, 0.3) is 5.91 Å².